The summed E-state index contributed by atoms with van der Waals surface area (Å²) >= 11 is 0. The van der Waals surface area contributed by atoms with E-state index in [0.29, 0.717) is 12.5 Å². The van der Waals surface area contributed by atoms with Gasteiger partial charge in [0.15, 0.2) is 5.78 Å². The number of ether oxygens (including phenoxy) is 1. The summed E-state index contributed by atoms with van der Waals surface area (Å²) in [6, 6.07) is 4.15. The van der Waals surface area contributed by atoms with Gasteiger partial charge in [-0.2, -0.15) is 0 Å². The number of benzene rings is 1. The number of carbonyl (C=O) groups is 1. The first-order valence-corrected chi connectivity index (χ1v) is 7.30. The van der Waals surface area contributed by atoms with Crippen LogP contribution in [0.3, 0.4) is 0 Å². The van der Waals surface area contributed by atoms with Crippen molar-refractivity contribution in [1.29, 1.82) is 0 Å². The second-order valence-electron chi connectivity index (χ2n) is 5.70. The van der Waals surface area contributed by atoms with Gasteiger partial charge in [0, 0.05) is 18.6 Å². The van der Waals surface area contributed by atoms with Gasteiger partial charge in [-0.05, 0) is 69.2 Å². The molecule has 2 heteroatoms. The molecule has 0 saturated carbocycles. The van der Waals surface area contributed by atoms with Gasteiger partial charge in [0.1, 0.15) is 0 Å². The lowest BCUT2D eigenvalue weighted by Crippen LogP contribution is -2.20. The van der Waals surface area contributed by atoms with Gasteiger partial charge >= 0.3 is 0 Å². The highest BCUT2D eigenvalue weighted by Gasteiger charge is 2.17. The third-order valence-electron chi connectivity index (χ3n) is 4.11. The Balaban J connectivity index is 1.97. The average Bonchev–Trinajstić information content (AvgIpc) is 2.41. The van der Waals surface area contributed by atoms with E-state index in [1.54, 1.807) is 0 Å². The maximum absolute atomic E-state index is 12.3. The SMILES string of the molecule is Cc1cc(C)c(C(=O)CCC2CCCCO2)cc1C. The fraction of sp³-hybridized carbons (Fsp3) is 0.588. The molecule has 0 amide bonds. The minimum atomic E-state index is 0.259. The lowest BCUT2D eigenvalue weighted by Gasteiger charge is -2.22. The fourth-order valence-electron chi connectivity index (χ4n) is 2.72. The highest BCUT2D eigenvalue weighted by atomic mass is 16.5. The van der Waals surface area contributed by atoms with Gasteiger partial charge in [-0.3, -0.25) is 4.79 Å². The Hall–Kier alpha value is -1.15. The van der Waals surface area contributed by atoms with Crippen molar-refractivity contribution >= 4 is 5.78 Å². The van der Waals surface area contributed by atoms with Gasteiger partial charge in [-0.15, -0.1) is 0 Å². The quantitative estimate of drug-likeness (QED) is 0.760. The van der Waals surface area contributed by atoms with E-state index in [9.17, 15) is 4.79 Å². The first kappa shape index (κ1) is 14.3. The van der Waals surface area contributed by atoms with Gasteiger partial charge in [-0.25, -0.2) is 0 Å². The van der Waals surface area contributed by atoms with Crippen molar-refractivity contribution in [2.75, 3.05) is 6.61 Å². The summed E-state index contributed by atoms with van der Waals surface area (Å²) in [7, 11) is 0. The molecule has 1 atom stereocenters. The predicted octanol–water partition coefficient (Wildman–Crippen LogP) is 4.14. The molecule has 1 saturated heterocycles. The van der Waals surface area contributed by atoms with Crippen LogP contribution in [0.4, 0.5) is 0 Å². The van der Waals surface area contributed by atoms with Crippen LogP contribution in [-0.4, -0.2) is 18.5 Å². The van der Waals surface area contributed by atoms with Crippen LogP contribution in [-0.2, 0) is 4.74 Å². The summed E-state index contributed by atoms with van der Waals surface area (Å²) < 4.78 is 5.69. The molecule has 0 aliphatic carbocycles. The molecule has 1 aromatic carbocycles. The maximum Gasteiger partial charge on any atom is 0.163 e. The molecule has 2 nitrogen and oxygen atoms in total. The van der Waals surface area contributed by atoms with Crippen molar-refractivity contribution in [2.24, 2.45) is 0 Å². The molecule has 19 heavy (non-hydrogen) atoms. The molecule has 1 unspecified atom stereocenters. The molecule has 1 aromatic rings. The minimum Gasteiger partial charge on any atom is -0.378 e. The highest BCUT2D eigenvalue weighted by molar-refractivity contribution is 5.97. The van der Waals surface area contributed by atoms with Crippen LogP contribution in [0.15, 0.2) is 12.1 Å². The van der Waals surface area contributed by atoms with Gasteiger partial charge in [0.2, 0.25) is 0 Å². The summed E-state index contributed by atoms with van der Waals surface area (Å²) in [6.45, 7) is 7.04. The third-order valence-corrected chi connectivity index (χ3v) is 4.11. The van der Waals surface area contributed by atoms with E-state index >= 15 is 0 Å². The predicted molar refractivity (Wildman–Crippen MR) is 77.8 cm³/mol. The zero-order valence-corrected chi connectivity index (χ0v) is 12.3. The van der Waals surface area contributed by atoms with Crippen molar-refractivity contribution in [3.05, 3.63) is 34.4 Å². The van der Waals surface area contributed by atoms with Crippen LogP contribution < -0.4 is 0 Å². The Morgan fingerprint density at radius 2 is 1.89 bits per heavy atom. The summed E-state index contributed by atoms with van der Waals surface area (Å²) in [4.78, 5) is 12.3. The zero-order valence-electron chi connectivity index (χ0n) is 12.3. The van der Waals surface area contributed by atoms with Crippen LogP contribution in [0.25, 0.3) is 0 Å². The standard InChI is InChI=1S/C17H24O2/c1-12-10-14(3)16(11-13(12)2)17(18)8-7-15-6-4-5-9-19-15/h10-11,15H,4-9H2,1-3H3. The first-order chi connectivity index (χ1) is 9.08. The molecule has 0 spiro atoms. The number of Topliss-reactive ketones (excluding diaryl/α,β-unsaturated/α-hetero) is 1. The van der Waals surface area contributed by atoms with Gasteiger partial charge in [-0.1, -0.05) is 6.07 Å². The van der Waals surface area contributed by atoms with Crippen molar-refractivity contribution in [3.8, 4) is 0 Å². The van der Waals surface area contributed by atoms with Crippen molar-refractivity contribution < 1.29 is 9.53 Å². The normalized spacial score (nSPS) is 19.4. The first-order valence-electron chi connectivity index (χ1n) is 7.30. The van der Waals surface area contributed by atoms with E-state index in [1.165, 1.54) is 24.0 Å². The summed E-state index contributed by atoms with van der Waals surface area (Å²) in [5.41, 5.74) is 4.43. The molecule has 2 rings (SSSR count). The molecular formula is C17H24O2. The minimum absolute atomic E-state index is 0.259. The van der Waals surface area contributed by atoms with Crippen LogP contribution in [0, 0.1) is 20.8 Å². The van der Waals surface area contributed by atoms with E-state index in [-0.39, 0.29) is 5.78 Å². The fourth-order valence-corrected chi connectivity index (χ4v) is 2.72. The van der Waals surface area contributed by atoms with Crippen molar-refractivity contribution in [1.82, 2.24) is 0 Å². The zero-order chi connectivity index (χ0) is 13.8. The van der Waals surface area contributed by atoms with Crippen LogP contribution in [0.2, 0.25) is 0 Å². The number of aryl methyl sites for hydroxylation is 3. The Labute approximate surface area is 116 Å². The third kappa shape index (κ3) is 3.66. The molecule has 1 aliphatic heterocycles. The lowest BCUT2D eigenvalue weighted by molar-refractivity contribution is 0.0104. The van der Waals surface area contributed by atoms with Gasteiger partial charge < -0.3 is 4.74 Å². The number of rotatable bonds is 4. The smallest absolute Gasteiger partial charge is 0.163 e. The number of carbonyl (C=O) groups excluding carboxylic acids is 1. The van der Waals surface area contributed by atoms with Gasteiger partial charge in [0.05, 0.1) is 6.10 Å². The highest BCUT2D eigenvalue weighted by Crippen LogP contribution is 2.21. The second kappa shape index (κ2) is 6.33. The molecule has 0 aromatic heterocycles. The Kier molecular flexibility index (Phi) is 4.76. The number of ketones is 1. The van der Waals surface area contributed by atoms with E-state index in [2.05, 4.69) is 19.9 Å². The summed E-state index contributed by atoms with van der Waals surface area (Å²) in [6.07, 6.45) is 5.28. The van der Waals surface area contributed by atoms with E-state index in [1.807, 2.05) is 13.0 Å². The topological polar surface area (TPSA) is 26.3 Å². The molecule has 0 radical (unpaired) electrons. The summed E-state index contributed by atoms with van der Waals surface area (Å²) in [5.74, 6) is 0.259. The van der Waals surface area contributed by atoms with Crippen molar-refractivity contribution in [2.45, 2.75) is 59.0 Å². The van der Waals surface area contributed by atoms with Crippen LogP contribution in [0.1, 0.15) is 59.2 Å². The molecule has 104 valence electrons. The maximum atomic E-state index is 12.3. The monoisotopic (exact) mass is 260 g/mol. The number of hydrogen-bond donors (Lipinski definition) is 0. The molecular weight excluding hydrogens is 236 g/mol. The average molecular weight is 260 g/mol. The Morgan fingerprint density at radius 1 is 1.16 bits per heavy atom. The number of hydrogen-bond acceptors (Lipinski definition) is 2. The largest absolute Gasteiger partial charge is 0.378 e. The Bertz CT molecular complexity index is 457. The molecule has 1 fully saturated rings. The molecule has 1 aliphatic rings. The van der Waals surface area contributed by atoms with Crippen LogP contribution >= 0.6 is 0 Å². The summed E-state index contributed by atoms with van der Waals surface area (Å²) in [5, 5.41) is 0. The second-order valence-corrected chi connectivity index (χ2v) is 5.70. The van der Waals surface area contributed by atoms with E-state index in [0.717, 1.165) is 30.6 Å². The van der Waals surface area contributed by atoms with Gasteiger partial charge in [0.25, 0.3) is 0 Å². The van der Waals surface area contributed by atoms with Crippen LogP contribution in [0.5, 0.6) is 0 Å². The van der Waals surface area contributed by atoms with Crippen molar-refractivity contribution in [3.63, 3.8) is 0 Å². The molecule has 1 heterocycles. The van der Waals surface area contributed by atoms with E-state index in [4.69, 9.17) is 4.74 Å². The van der Waals surface area contributed by atoms with E-state index < -0.39 is 0 Å². The molecule has 0 N–H and O–H groups in total. The lowest BCUT2D eigenvalue weighted by atomic mass is 9.94. The Morgan fingerprint density at radius 3 is 2.58 bits per heavy atom. The molecule has 0 bridgehead atoms.